The second-order valence-corrected chi connectivity index (χ2v) is 9.05. The Bertz CT molecular complexity index is 1100. The molecular formula is C24H27N5O3. The summed E-state index contributed by atoms with van der Waals surface area (Å²) in [4.78, 5) is 33.8. The molecule has 2 bridgehead atoms. The smallest absolute Gasteiger partial charge is 0.250 e. The van der Waals surface area contributed by atoms with Crippen molar-refractivity contribution in [3.63, 3.8) is 0 Å². The summed E-state index contributed by atoms with van der Waals surface area (Å²) in [5.41, 5.74) is 0.791. The molecule has 8 nitrogen and oxygen atoms in total. The molecule has 0 aromatic carbocycles. The van der Waals surface area contributed by atoms with Crippen LogP contribution in [0.3, 0.4) is 0 Å². The van der Waals surface area contributed by atoms with Gasteiger partial charge in [-0.15, -0.1) is 0 Å². The topological polar surface area (TPSA) is 91.5 Å². The summed E-state index contributed by atoms with van der Waals surface area (Å²) in [7, 11) is 1.76. The lowest BCUT2D eigenvalue weighted by atomic mass is 9.77. The molecule has 1 amide bonds. The van der Waals surface area contributed by atoms with Crippen molar-refractivity contribution < 1.29 is 9.53 Å². The highest BCUT2D eigenvalue weighted by molar-refractivity contribution is 5.78. The van der Waals surface area contributed by atoms with Gasteiger partial charge in [0, 0.05) is 44.5 Å². The van der Waals surface area contributed by atoms with E-state index >= 15 is 0 Å². The van der Waals surface area contributed by atoms with Crippen LogP contribution in [0.2, 0.25) is 0 Å². The predicted octanol–water partition coefficient (Wildman–Crippen LogP) is 1.93. The molecule has 2 unspecified atom stereocenters. The molecule has 0 radical (unpaired) electrons. The average Bonchev–Trinajstić information content (AvgIpc) is 3.04. The van der Waals surface area contributed by atoms with Crippen LogP contribution >= 0.6 is 0 Å². The zero-order valence-electron chi connectivity index (χ0n) is 18.2. The van der Waals surface area contributed by atoms with Crippen LogP contribution < -0.4 is 10.5 Å². The predicted molar refractivity (Wildman–Crippen MR) is 118 cm³/mol. The van der Waals surface area contributed by atoms with Gasteiger partial charge in [0.15, 0.2) is 0 Å². The minimum absolute atomic E-state index is 0.00143. The lowest BCUT2D eigenvalue weighted by molar-refractivity contribution is -0.155. The van der Waals surface area contributed by atoms with Crippen LogP contribution in [-0.4, -0.2) is 52.1 Å². The maximum Gasteiger partial charge on any atom is 0.250 e. The highest BCUT2D eigenvalue weighted by Gasteiger charge is 2.44. The number of nitrogens with zero attached hydrogens (tertiary/aromatic N) is 5. The van der Waals surface area contributed by atoms with Crippen LogP contribution in [-0.2, 0) is 22.2 Å². The lowest BCUT2D eigenvalue weighted by Crippen LogP contribution is -2.56. The van der Waals surface area contributed by atoms with Crippen LogP contribution in [0.5, 0.6) is 0 Å². The van der Waals surface area contributed by atoms with E-state index in [1.807, 2.05) is 17.0 Å². The van der Waals surface area contributed by atoms with Crippen molar-refractivity contribution in [2.45, 2.75) is 49.8 Å². The molecule has 3 aliphatic rings. The zero-order valence-corrected chi connectivity index (χ0v) is 18.2. The summed E-state index contributed by atoms with van der Waals surface area (Å²) in [6.07, 6.45) is 6.31. The minimum Gasteiger partial charge on any atom is -0.359 e. The first-order valence-corrected chi connectivity index (χ1v) is 11.2. The van der Waals surface area contributed by atoms with E-state index in [2.05, 4.69) is 16.0 Å². The number of pyridine rings is 2. The van der Waals surface area contributed by atoms with Gasteiger partial charge in [-0.1, -0.05) is 6.07 Å². The molecule has 3 fully saturated rings. The monoisotopic (exact) mass is 433 g/mol. The fourth-order valence-corrected chi connectivity index (χ4v) is 5.37. The van der Waals surface area contributed by atoms with Gasteiger partial charge in [0.05, 0.1) is 11.3 Å². The molecule has 0 spiro atoms. The van der Waals surface area contributed by atoms with Crippen molar-refractivity contribution in [1.82, 2.24) is 14.5 Å². The van der Waals surface area contributed by atoms with Gasteiger partial charge < -0.3 is 19.1 Å². The number of likely N-dealkylation sites (tertiary alicyclic amines) is 1. The molecule has 4 heterocycles. The highest BCUT2D eigenvalue weighted by Crippen LogP contribution is 2.44. The fourth-order valence-electron chi connectivity index (χ4n) is 5.37. The number of aromatic nitrogens is 2. The van der Waals surface area contributed by atoms with Crippen LogP contribution in [0, 0.1) is 11.3 Å². The van der Waals surface area contributed by atoms with Crippen LogP contribution in [0.15, 0.2) is 41.3 Å². The molecule has 1 aliphatic carbocycles. The van der Waals surface area contributed by atoms with Crippen LogP contribution in [0.1, 0.15) is 43.4 Å². The van der Waals surface area contributed by atoms with E-state index < -0.39 is 5.60 Å². The quantitative estimate of drug-likeness (QED) is 0.716. The molecule has 8 heteroatoms. The van der Waals surface area contributed by atoms with E-state index in [1.54, 1.807) is 36.0 Å². The number of hydrogen-bond donors (Lipinski definition) is 0. The summed E-state index contributed by atoms with van der Waals surface area (Å²) < 4.78 is 7.86. The summed E-state index contributed by atoms with van der Waals surface area (Å²) in [6, 6.07) is 11.5. The van der Waals surface area contributed by atoms with Gasteiger partial charge in [-0.25, -0.2) is 4.98 Å². The van der Waals surface area contributed by atoms with Gasteiger partial charge >= 0.3 is 0 Å². The number of carbonyl (C=O) groups excluding carboxylic acids is 1. The first-order valence-electron chi connectivity index (χ1n) is 11.2. The number of hydrogen-bond acceptors (Lipinski definition) is 6. The molecule has 2 aliphatic heterocycles. The third kappa shape index (κ3) is 3.47. The van der Waals surface area contributed by atoms with Crippen LogP contribution in [0.4, 0.5) is 5.82 Å². The Morgan fingerprint density at radius 2 is 1.97 bits per heavy atom. The summed E-state index contributed by atoms with van der Waals surface area (Å²) in [5, 5.41) is 9.01. The molecule has 32 heavy (non-hydrogen) atoms. The Balaban J connectivity index is 1.25. The molecule has 2 saturated heterocycles. The fraction of sp³-hybridized carbons (Fsp3) is 0.500. The molecule has 2 aromatic heterocycles. The van der Waals surface area contributed by atoms with E-state index in [1.165, 1.54) is 0 Å². The standard InChI is InChI=1S/C24H27N5O3/c1-27-20(4-2-5-22(27)30)24(10-3-11-24)32-16-23(31)28-14-18-7-8-19(15-28)29(18)21-9-6-17(12-25)13-26-21/h2,4-6,9,13,18-19H,3,7-8,10-11,14-16H2,1H3. The van der Waals surface area contributed by atoms with Crippen molar-refractivity contribution in [3.05, 3.63) is 58.1 Å². The van der Waals surface area contributed by atoms with Crippen molar-refractivity contribution >= 4 is 11.7 Å². The Morgan fingerprint density at radius 1 is 1.22 bits per heavy atom. The Labute approximate surface area is 187 Å². The van der Waals surface area contributed by atoms with Crippen molar-refractivity contribution in [2.75, 3.05) is 24.6 Å². The Hall–Kier alpha value is -3.18. The number of nitriles is 1. The average molecular weight is 434 g/mol. The van der Waals surface area contributed by atoms with Gasteiger partial charge in [0.25, 0.3) is 5.56 Å². The summed E-state index contributed by atoms with van der Waals surface area (Å²) in [6.45, 7) is 1.33. The van der Waals surface area contributed by atoms with E-state index in [9.17, 15) is 9.59 Å². The SMILES string of the molecule is Cn1c(C2(OCC(=O)N3CC4CCC(C3)N4c3ccc(C#N)cn3)CCC2)cccc1=O. The van der Waals surface area contributed by atoms with E-state index in [0.717, 1.165) is 43.6 Å². The maximum atomic E-state index is 13.1. The second kappa shape index (κ2) is 8.06. The largest absolute Gasteiger partial charge is 0.359 e. The lowest BCUT2D eigenvalue weighted by Gasteiger charge is -2.44. The number of ether oxygens (including phenoxy) is 1. The third-order valence-electron chi connectivity index (χ3n) is 7.26. The van der Waals surface area contributed by atoms with E-state index in [-0.39, 0.29) is 30.2 Å². The first-order chi connectivity index (χ1) is 15.5. The molecule has 2 aromatic rings. The normalized spacial score (nSPS) is 23.5. The Morgan fingerprint density at radius 3 is 2.56 bits per heavy atom. The number of rotatable bonds is 5. The van der Waals surface area contributed by atoms with E-state index in [4.69, 9.17) is 10.00 Å². The molecule has 2 atom stereocenters. The van der Waals surface area contributed by atoms with E-state index in [0.29, 0.717) is 18.7 Å². The van der Waals surface area contributed by atoms with Crippen LogP contribution in [0.25, 0.3) is 0 Å². The van der Waals surface area contributed by atoms with Gasteiger partial charge in [0.1, 0.15) is 24.1 Å². The maximum absolute atomic E-state index is 13.1. The van der Waals surface area contributed by atoms with Crippen molar-refractivity contribution in [2.24, 2.45) is 7.05 Å². The number of piperazine rings is 1. The van der Waals surface area contributed by atoms with Gasteiger partial charge in [-0.3, -0.25) is 9.59 Å². The second-order valence-electron chi connectivity index (χ2n) is 9.05. The first kappa shape index (κ1) is 20.7. The third-order valence-corrected chi connectivity index (χ3v) is 7.26. The zero-order chi connectivity index (χ0) is 22.3. The molecule has 166 valence electrons. The number of amides is 1. The molecule has 5 rings (SSSR count). The van der Waals surface area contributed by atoms with Crippen molar-refractivity contribution in [1.29, 1.82) is 5.26 Å². The molecular weight excluding hydrogens is 406 g/mol. The van der Waals surface area contributed by atoms with Crippen molar-refractivity contribution in [3.8, 4) is 6.07 Å². The Kier molecular flexibility index (Phi) is 5.22. The van der Waals surface area contributed by atoms with Gasteiger partial charge in [-0.05, 0) is 50.3 Å². The number of fused-ring (bicyclic) bond motifs is 2. The van der Waals surface area contributed by atoms with Gasteiger partial charge in [0.2, 0.25) is 5.91 Å². The number of anilines is 1. The van der Waals surface area contributed by atoms with Gasteiger partial charge in [-0.2, -0.15) is 5.26 Å². The molecule has 1 saturated carbocycles. The highest BCUT2D eigenvalue weighted by atomic mass is 16.5. The summed E-state index contributed by atoms with van der Waals surface area (Å²) in [5.74, 6) is 0.875. The minimum atomic E-state index is -0.544. The summed E-state index contributed by atoms with van der Waals surface area (Å²) >= 11 is 0. The molecule has 0 N–H and O–H groups in total. The number of carbonyl (C=O) groups is 1.